The number of hydrogen-bond acceptors (Lipinski definition) is 4. The van der Waals surface area contributed by atoms with Crippen LogP contribution in [0.25, 0.3) is 0 Å². The normalized spacial score (nSPS) is 14.6. The summed E-state index contributed by atoms with van der Waals surface area (Å²) in [4.78, 5) is 22.3. The van der Waals surface area contributed by atoms with Crippen molar-refractivity contribution in [2.75, 3.05) is 0 Å². The smallest absolute Gasteiger partial charge is 0.407 e. The lowest BCUT2D eigenvalue weighted by Gasteiger charge is -2.24. The molecule has 2 amide bonds. The van der Waals surface area contributed by atoms with E-state index < -0.39 is 29.7 Å². The van der Waals surface area contributed by atoms with E-state index in [0.717, 1.165) is 0 Å². The largest absolute Gasteiger partial charge is 0.444 e. The maximum atomic E-state index is 11.4. The second-order valence-corrected chi connectivity index (χ2v) is 4.62. The van der Waals surface area contributed by atoms with Crippen LogP contribution >= 0.6 is 0 Å². The van der Waals surface area contributed by atoms with Gasteiger partial charge >= 0.3 is 6.09 Å². The molecule has 0 aliphatic heterocycles. The number of primary amides is 1. The van der Waals surface area contributed by atoms with E-state index in [0.29, 0.717) is 0 Å². The number of ether oxygens (including phenoxy) is 1. The number of amides is 2. The van der Waals surface area contributed by atoms with Crippen LogP contribution in [0.2, 0.25) is 0 Å². The third kappa shape index (κ3) is 6.57. The number of carbonyl (C=O) groups excluding carboxylic acids is 2. The first kappa shape index (κ1) is 15.4. The zero-order valence-corrected chi connectivity index (χ0v) is 10.4. The summed E-state index contributed by atoms with van der Waals surface area (Å²) < 4.78 is 5.00. The van der Waals surface area contributed by atoms with Gasteiger partial charge in [0.15, 0.2) is 6.10 Å². The monoisotopic (exact) mass is 244 g/mol. The molecular weight excluding hydrogens is 224 g/mol. The van der Waals surface area contributed by atoms with Crippen molar-refractivity contribution in [1.82, 2.24) is 5.32 Å². The van der Waals surface area contributed by atoms with Gasteiger partial charge in [-0.05, 0) is 27.2 Å². The Labute approximate surface area is 101 Å². The minimum absolute atomic E-state index is 0.212. The molecule has 0 saturated heterocycles. The highest BCUT2D eigenvalue weighted by molar-refractivity contribution is 5.80. The Morgan fingerprint density at radius 3 is 2.41 bits per heavy atom. The molecule has 4 N–H and O–H groups in total. The molecule has 0 saturated carbocycles. The van der Waals surface area contributed by atoms with Gasteiger partial charge in [-0.15, -0.1) is 6.58 Å². The highest BCUT2D eigenvalue weighted by Crippen LogP contribution is 2.08. The van der Waals surface area contributed by atoms with E-state index >= 15 is 0 Å². The van der Waals surface area contributed by atoms with E-state index in [4.69, 9.17) is 10.5 Å². The molecule has 0 aliphatic carbocycles. The topological polar surface area (TPSA) is 102 Å². The van der Waals surface area contributed by atoms with Gasteiger partial charge in [-0.1, -0.05) is 6.08 Å². The minimum Gasteiger partial charge on any atom is -0.444 e. The van der Waals surface area contributed by atoms with Crippen molar-refractivity contribution in [2.24, 2.45) is 5.73 Å². The van der Waals surface area contributed by atoms with Crippen molar-refractivity contribution in [2.45, 2.75) is 44.9 Å². The molecule has 0 radical (unpaired) electrons. The highest BCUT2D eigenvalue weighted by Gasteiger charge is 2.26. The van der Waals surface area contributed by atoms with Gasteiger partial charge in [0, 0.05) is 0 Å². The second kappa shape index (κ2) is 6.24. The molecule has 0 aromatic rings. The Kier molecular flexibility index (Phi) is 5.67. The van der Waals surface area contributed by atoms with E-state index in [9.17, 15) is 14.7 Å². The second-order valence-electron chi connectivity index (χ2n) is 4.62. The lowest BCUT2D eigenvalue weighted by molar-refractivity contribution is -0.127. The molecule has 17 heavy (non-hydrogen) atoms. The van der Waals surface area contributed by atoms with Gasteiger partial charge in [0.2, 0.25) is 5.91 Å². The molecule has 0 rings (SSSR count). The zero-order valence-electron chi connectivity index (χ0n) is 10.4. The number of aliphatic hydroxyl groups excluding tert-OH is 1. The van der Waals surface area contributed by atoms with E-state index in [1.165, 1.54) is 6.08 Å². The average molecular weight is 244 g/mol. The third-order valence-electron chi connectivity index (χ3n) is 1.80. The van der Waals surface area contributed by atoms with Gasteiger partial charge in [-0.3, -0.25) is 4.79 Å². The highest BCUT2D eigenvalue weighted by atomic mass is 16.6. The van der Waals surface area contributed by atoms with Crippen molar-refractivity contribution >= 4 is 12.0 Å². The summed E-state index contributed by atoms with van der Waals surface area (Å²) in [5, 5.41) is 11.8. The molecule has 0 aromatic heterocycles. The lowest BCUT2D eigenvalue weighted by Crippen LogP contribution is -2.50. The van der Waals surface area contributed by atoms with E-state index in [1.54, 1.807) is 20.8 Å². The van der Waals surface area contributed by atoms with Gasteiger partial charge in [0.1, 0.15) is 5.60 Å². The SMILES string of the molecule is C=CCC(NC(=O)OC(C)(C)C)C(O)C(N)=O. The van der Waals surface area contributed by atoms with Crippen LogP contribution in [0.3, 0.4) is 0 Å². The van der Waals surface area contributed by atoms with E-state index in [2.05, 4.69) is 11.9 Å². The average Bonchev–Trinajstić information content (AvgIpc) is 2.12. The molecule has 0 aromatic carbocycles. The van der Waals surface area contributed by atoms with Crippen molar-refractivity contribution < 1.29 is 19.4 Å². The maximum Gasteiger partial charge on any atom is 0.407 e. The zero-order chi connectivity index (χ0) is 13.6. The predicted molar refractivity (Wildman–Crippen MR) is 63.2 cm³/mol. The first-order valence-electron chi connectivity index (χ1n) is 5.25. The Morgan fingerprint density at radius 2 is 2.06 bits per heavy atom. The molecule has 0 aliphatic rings. The van der Waals surface area contributed by atoms with Crippen molar-refractivity contribution in [3.8, 4) is 0 Å². The van der Waals surface area contributed by atoms with E-state index in [1.807, 2.05) is 0 Å². The van der Waals surface area contributed by atoms with Crippen molar-refractivity contribution in [3.05, 3.63) is 12.7 Å². The minimum atomic E-state index is -1.47. The van der Waals surface area contributed by atoms with Crippen molar-refractivity contribution in [3.63, 3.8) is 0 Å². The number of rotatable bonds is 5. The first-order chi connectivity index (χ1) is 7.67. The Balaban J connectivity index is 4.49. The molecule has 0 spiro atoms. The number of nitrogens with two attached hydrogens (primary N) is 1. The Hall–Kier alpha value is -1.56. The fourth-order valence-corrected chi connectivity index (χ4v) is 1.10. The van der Waals surface area contributed by atoms with Crippen LogP contribution in [-0.2, 0) is 9.53 Å². The molecule has 0 bridgehead atoms. The summed E-state index contributed by atoms with van der Waals surface area (Å²) in [5.41, 5.74) is 4.30. The van der Waals surface area contributed by atoms with Crippen molar-refractivity contribution in [1.29, 1.82) is 0 Å². The van der Waals surface area contributed by atoms with Crippen LogP contribution in [0.1, 0.15) is 27.2 Å². The Morgan fingerprint density at radius 1 is 1.53 bits per heavy atom. The summed E-state index contributed by atoms with van der Waals surface area (Å²) in [5.74, 6) is -0.909. The molecule has 0 fully saturated rings. The summed E-state index contributed by atoms with van der Waals surface area (Å²) in [6, 6.07) is -0.833. The predicted octanol–water partition coefficient (Wildman–Crippen LogP) is 0.302. The molecule has 6 heteroatoms. The summed E-state index contributed by atoms with van der Waals surface area (Å²) >= 11 is 0. The quantitative estimate of drug-likeness (QED) is 0.605. The molecule has 2 atom stereocenters. The Bertz CT molecular complexity index is 296. The maximum absolute atomic E-state index is 11.4. The third-order valence-corrected chi connectivity index (χ3v) is 1.80. The number of nitrogens with one attached hydrogen (secondary N) is 1. The molecule has 2 unspecified atom stereocenters. The number of alkyl carbamates (subject to hydrolysis) is 1. The lowest BCUT2D eigenvalue weighted by atomic mass is 10.1. The molecule has 0 heterocycles. The molecule has 6 nitrogen and oxygen atoms in total. The van der Waals surface area contributed by atoms with Gasteiger partial charge in [-0.2, -0.15) is 0 Å². The summed E-state index contributed by atoms with van der Waals surface area (Å²) in [6.07, 6.45) is -0.512. The summed E-state index contributed by atoms with van der Waals surface area (Å²) in [6.45, 7) is 8.59. The van der Waals surface area contributed by atoms with Crippen LogP contribution in [0.5, 0.6) is 0 Å². The molecule has 98 valence electrons. The van der Waals surface area contributed by atoms with Crippen LogP contribution in [0.15, 0.2) is 12.7 Å². The molecular formula is C11H20N2O4. The first-order valence-corrected chi connectivity index (χ1v) is 5.25. The number of carbonyl (C=O) groups is 2. The van der Waals surface area contributed by atoms with Crippen LogP contribution < -0.4 is 11.1 Å². The van der Waals surface area contributed by atoms with E-state index in [-0.39, 0.29) is 6.42 Å². The number of hydrogen-bond donors (Lipinski definition) is 3. The van der Waals surface area contributed by atoms with Crippen LogP contribution in [0.4, 0.5) is 4.79 Å². The fraction of sp³-hybridized carbons (Fsp3) is 0.636. The van der Waals surface area contributed by atoms with Gasteiger partial charge in [0.05, 0.1) is 6.04 Å². The van der Waals surface area contributed by atoms with Gasteiger partial charge < -0.3 is 20.9 Å². The van der Waals surface area contributed by atoms with Gasteiger partial charge in [0.25, 0.3) is 0 Å². The standard InChI is InChI=1S/C11H20N2O4/c1-5-6-7(8(14)9(12)15)13-10(16)17-11(2,3)4/h5,7-8,14H,1,6H2,2-4H3,(H2,12,15)(H,13,16). The number of aliphatic hydroxyl groups is 1. The van der Waals surface area contributed by atoms with Crippen LogP contribution in [-0.4, -0.2) is 34.9 Å². The van der Waals surface area contributed by atoms with Crippen LogP contribution in [0, 0.1) is 0 Å². The van der Waals surface area contributed by atoms with Gasteiger partial charge in [-0.25, -0.2) is 4.79 Å². The summed E-state index contributed by atoms with van der Waals surface area (Å²) in [7, 11) is 0. The fourth-order valence-electron chi connectivity index (χ4n) is 1.10.